The molecule has 2 aromatic heterocycles. The van der Waals surface area contributed by atoms with Crippen molar-refractivity contribution < 1.29 is 65.5 Å². The lowest BCUT2D eigenvalue weighted by Gasteiger charge is -2.42. The fraction of sp³-hybridized carbons (Fsp3) is 0.508. The zero-order chi connectivity index (χ0) is 61.8. The number of fused-ring (bicyclic) bond motifs is 3. The van der Waals surface area contributed by atoms with Crippen LogP contribution in [0, 0.1) is 11.8 Å². The van der Waals surface area contributed by atoms with E-state index >= 15 is 4.79 Å². The number of amides is 7. The molecule has 7 amide bonds. The highest BCUT2D eigenvalue weighted by molar-refractivity contribution is 7.90. The van der Waals surface area contributed by atoms with Crippen molar-refractivity contribution in [1.82, 2.24) is 45.2 Å². The Morgan fingerprint density at radius 1 is 0.860 bits per heavy atom. The van der Waals surface area contributed by atoms with Gasteiger partial charge in [-0.15, -0.1) is 0 Å². The van der Waals surface area contributed by atoms with E-state index in [1.54, 1.807) is 20.9 Å². The van der Waals surface area contributed by atoms with Crippen molar-refractivity contribution >= 4 is 86.2 Å². The van der Waals surface area contributed by atoms with Crippen LogP contribution in [0.25, 0.3) is 21.9 Å². The zero-order valence-electron chi connectivity index (χ0n) is 48.6. The van der Waals surface area contributed by atoms with Gasteiger partial charge in [0.2, 0.25) is 35.4 Å². The van der Waals surface area contributed by atoms with E-state index < -0.39 is 94.8 Å². The molecule has 5 aromatic rings. The van der Waals surface area contributed by atoms with Gasteiger partial charge in [0, 0.05) is 68.3 Å². The van der Waals surface area contributed by atoms with E-state index in [-0.39, 0.29) is 98.6 Å². The number of aromatic nitrogens is 3. The van der Waals surface area contributed by atoms with Gasteiger partial charge in [0.25, 0.3) is 11.4 Å². The molecule has 25 nitrogen and oxygen atoms in total. The molecule has 0 spiro atoms. The Morgan fingerprint density at radius 3 is 2.24 bits per heavy atom. The van der Waals surface area contributed by atoms with Gasteiger partial charge < -0.3 is 45.7 Å². The molecule has 4 aliphatic rings. The third-order valence-electron chi connectivity index (χ3n) is 17.1. The highest BCUT2D eigenvalue weighted by atomic mass is 32.2. The van der Waals surface area contributed by atoms with Crippen LogP contribution < -0.4 is 32.7 Å². The molecule has 0 radical (unpaired) electrons. The van der Waals surface area contributed by atoms with Gasteiger partial charge in [-0.2, -0.15) is 0 Å². The lowest BCUT2D eigenvalue weighted by Crippen LogP contribution is -2.62. The number of primary amides is 1. The Bertz CT molecular complexity index is 3660. The molecule has 86 heavy (non-hydrogen) atoms. The number of piperidine rings is 1. The second kappa shape index (κ2) is 26.7. The highest BCUT2D eigenvalue weighted by Crippen LogP contribution is 2.51. The summed E-state index contributed by atoms with van der Waals surface area (Å²) in [4.78, 5) is 128. The van der Waals surface area contributed by atoms with Gasteiger partial charge in [-0.3, -0.25) is 62.3 Å². The van der Waals surface area contributed by atoms with Crippen LogP contribution in [0.2, 0.25) is 0 Å². The molecule has 1 saturated carbocycles. The van der Waals surface area contributed by atoms with Crippen LogP contribution in [0.1, 0.15) is 129 Å². The number of aryl methyl sites for hydroxylation is 2. The summed E-state index contributed by atoms with van der Waals surface area (Å²) in [6.45, 7) is 3.20. The summed E-state index contributed by atoms with van der Waals surface area (Å²) in [6.07, 6.45) is 5.50. The number of H-pyrrole nitrogens is 1. The number of aromatic amines is 1. The molecular formula is C59H75N10O15PS. The molecule has 8 N–H and O–H groups in total. The van der Waals surface area contributed by atoms with Gasteiger partial charge in [0.15, 0.2) is 9.84 Å². The van der Waals surface area contributed by atoms with Crippen molar-refractivity contribution in [3.8, 4) is 0 Å². The lowest BCUT2D eigenvalue weighted by atomic mass is 9.78. The minimum Gasteiger partial charge on any atom is -0.378 e. The maximum Gasteiger partial charge on any atom is 0.401 e. The number of imide groups is 1. The molecule has 1 aliphatic carbocycles. The van der Waals surface area contributed by atoms with Crippen LogP contribution in [-0.4, -0.2) is 147 Å². The Morgan fingerprint density at radius 2 is 1.57 bits per heavy atom. The number of nitrogens with zero attached hydrogens (tertiary/aromatic N) is 4. The SMILES string of the molecule is CCOP(=O)(OCC)C(=O)c1ccc2[nH]c(C(=O)N[C@H]3CN(C(O)C4CCC(CCc5ccc6c(c5)n(C)c(=O)n6C5CCC(=O)NC5=O)CC4)CC[C@H]4CC[C@@H](C(=O)N[C@@H](CCC(N)=O)C(=O)NCc5ccc(S(C)(=O)=O)cc5)N4C3=O)cc2c1. The molecule has 6 atom stereocenters. The molecule has 27 heteroatoms. The summed E-state index contributed by atoms with van der Waals surface area (Å²) in [7, 11) is -5.99. The van der Waals surface area contributed by atoms with Gasteiger partial charge >= 0.3 is 13.3 Å². The van der Waals surface area contributed by atoms with Crippen molar-refractivity contribution in [1.29, 1.82) is 0 Å². The lowest BCUT2D eigenvalue weighted by molar-refractivity contribution is -0.146. The monoisotopic (exact) mass is 1230 g/mol. The van der Waals surface area contributed by atoms with Gasteiger partial charge in [0.1, 0.15) is 36.1 Å². The third-order valence-corrected chi connectivity index (χ3v) is 20.2. The standard InChI is InChI=1S/C59H75N10O15PS/c1-5-83-85(80,84-6-2)58(78)38-16-20-42-39(30-38)31-44(62-42)53(73)64-45-33-67(56(76)37-14-9-34(10-15-37)7-8-35-13-22-46-49(29-35)66(3)59(79)69(46)48-24-26-51(71)65-55(48)75)28-27-40-17-23-47(68(40)57(45)77)54(74)63-43(21-25-50(60)70)52(72)61-32-36-11-18-41(19-12-36)86(4,81)82/h11-13,16,18-20,22,29-31,34,37,40,43,45,47-48,56,62,76H,5-10,14-15,17,21,23-28,32-33H2,1-4H3,(H2,60,70)(H,61,72)(H,63,74)(H,64,73)(H,65,71,75)/t34?,37?,40-,43+,45+,47+,48?,56?/m1/s1. The first-order valence-corrected chi connectivity index (χ1v) is 32.7. The van der Waals surface area contributed by atoms with Gasteiger partial charge in [0.05, 0.1) is 29.1 Å². The average molecular weight is 1230 g/mol. The number of carbonyl (C=O) groups is 8. The van der Waals surface area contributed by atoms with Crippen molar-refractivity contribution in [3.05, 3.63) is 99.6 Å². The fourth-order valence-electron chi connectivity index (χ4n) is 12.5. The number of nitrogens with two attached hydrogens (primary N) is 1. The van der Waals surface area contributed by atoms with Crippen LogP contribution in [0.4, 0.5) is 0 Å². The number of benzene rings is 3. The van der Waals surface area contributed by atoms with E-state index in [1.165, 1.54) is 62.6 Å². The van der Waals surface area contributed by atoms with E-state index in [0.717, 1.165) is 37.5 Å². The second-order valence-electron chi connectivity index (χ2n) is 22.9. The Labute approximate surface area is 496 Å². The van der Waals surface area contributed by atoms with E-state index in [9.17, 15) is 56.4 Å². The molecule has 4 fully saturated rings. The first-order chi connectivity index (χ1) is 41.0. The van der Waals surface area contributed by atoms with Crippen molar-refractivity contribution in [2.45, 2.75) is 145 Å². The van der Waals surface area contributed by atoms with Crippen LogP contribution in [0.15, 0.2) is 76.4 Å². The first kappa shape index (κ1) is 63.2. The number of nitrogens with one attached hydrogen (secondary N) is 5. The molecule has 5 heterocycles. The quantitative estimate of drug-likeness (QED) is 0.0363. The maximum absolute atomic E-state index is 15.2. The number of imidazole rings is 1. The largest absolute Gasteiger partial charge is 0.401 e. The predicted molar refractivity (Wildman–Crippen MR) is 315 cm³/mol. The Kier molecular flexibility index (Phi) is 19.6. The maximum atomic E-state index is 15.2. The molecule has 0 bridgehead atoms. The van der Waals surface area contributed by atoms with E-state index in [0.29, 0.717) is 59.1 Å². The predicted octanol–water partition coefficient (Wildman–Crippen LogP) is 3.60. The number of aliphatic hydroxyl groups excluding tert-OH is 1. The van der Waals surface area contributed by atoms with Crippen LogP contribution in [0.3, 0.4) is 0 Å². The summed E-state index contributed by atoms with van der Waals surface area (Å²) in [6, 6.07) is 12.6. The Balaban J connectivity index is 0.903. The number of aliphatic hydroxyl groups is 1. The number of sulfone groups is 1. The molecule has 3 aromatic carbocycles. The topological polar surface area (TPSA) is 350 Å². The molecule has 2 unspecified atom stereocenters. The summed E-state index contributed by atoms with van der Waals surface area (Å²) < 4.78 is 50.9. The summed E-state index contributed by atoms with van der Waals surface area (Å²) in [5.41, 5.74) is 7.65. The van der Waals surface area contributed by atoms with Crippen molar-refractivity contribution in [2.24, 2.45) is 24.6 Å². The highest BCUT2D eigenvalue weighted by Gasteiger charge is 2.47. The number of carbonyl (C=O) groups excluding carboxylic acids is 8. The van der Waals surface area contributed by atoms with Gasteiger partial charge in [-0.05, 0) is 143 Å². The van der Waals surface area contributed by atoms with E-state index in [4.69, 9.17) is 14.8 Å². The minimum absolute atomic E-state index is 0.0131. The number of hydrogen-bond donors (Lipinski definition) is 7. The average Bonchev–Trinajstić information content (AvgIpc) is 1.89. The summed E-state index contributed by atoms with van der Waals surface area (Å²) in [5, 5.41) is 23.4. The molecule has 3 aliphatic heterocycles. The number of rotatable bonds is 23. The van der Waals surface area contributed by atoms with Gasteiger partial charge in [-0.1, -0.05) is 31.0 Å². The van der Waals surface area contributed by atoms with E-state index in [1.807, 2.05) is 23.1 Å². The fourth-order valence-corrected chi connectivity index (χ4v) is 14.6. The first-order valence-electron chi connectivity index (χ1n) is 29.3. The van der Waals surface area contributed by atoms with Crippen LogP contribution >= 0.6 is 7.60 Å². The molecular weight excluding hydrogens is 1150 g/mol. The summed E-state index contributed by atoms with van der Waals surface area (Å²) >= 11 is 0. The number of hydrogen-bond acceptors (Lipinski definition) is 16. The minimum atomic E-state index is -4.19. The van der Waals surface area contributed by atoms with Crippen molar-refractivity contribution in [3.63, 3.8) is 0 Å². The Hall–Kier alpha value is -7.35. The van der Waals surface area contributed by atoms with E-state index in [2.05, 4.69) is 26.3 Å². The molecule has 462 valence electrons. The van der Waals surface area contributed by atoms with Crippen molar-refractivity contribution in [2.75, 3.05) is 32.6 Å². The zero-order valence-corrected chi connectivity index (χ0v) is 50.3. The second-order valence-corrected chi connectivity index (χ2v) is 26.8. The van der Waals surface area contributed by atoms with Gasteiger partial charge in [-0.25, -0.2) is 13.2 Å². The normalized spacial score (nSPS) is 22.2. The van der Waals surface area contributed by atoms with Crippen LogP contribution in [-0.2, 0) is 72.2 Å². The molecule has 3 saturated heterocycles. The third kappa shape index (κ3) is 14.1. The molecule has 9 rings (SSSR count). The smallest absolute Gasteiger partial charge is 0.378 e. The summed E-state index contributed by atoms with van der Waals surface area (Å²) in [5.74, 6) is -4.07. The van der Waals surface area contributed by atoms with Crippen LogP contribution in [0.5, 0.6) is 0 Å².